The smallest absolute Gasteiger partial charge is 0.303 e. The highest BCUT2D eigenvalue weighted by atomic mass is 16.6. The highest BCUT2D eigenvalue weighted by Gasteiger charge is 2.88. The largest absolute Gasteiger partial charge is 0.462 e. The quantitative estimate of drug-likeness (QED) is 0.227. The summed E-state index contributed by atoms with van der Waals surface area (Å²) in [4.78, 5) is 62.9. The van der Waals surface area contributed by atoms with Crippen molar-refractivity contribution in [3.63, 3.8) is 0 Å². The molecule has 10 nitrogen and oxygen atoms in total. The lowest BCUT2D eigenvalue weighted by molar-refractivity contribution is -0.207. The van der Waals surface area contributed by atoms with Gasteiger partial charge in [-0.05, 0) is 94.8 Å². The summed E-state index contributed by atoms with van der Waals surface area (Å²) < 4.78 is 30.6. The zero-order chi connectivity index (χ0) is 35.5. The molecule has 10 heteroatoms. The summed E-state index contributed by atoms with van der Waals surface area (Å²) in [5.74, 6) is -1.51. The molecule has 0 N–H and O–H groups in total. The van der Waals surface area contributed by atoms with Gasteiger partial charge in [0.2, 0.25) is 0 Å². The molecule has 3 spiro atoms. The molecule has 0 bridgehead atoms. The minimum Gasteiger partial charge on any atom is -0.462 e. The van der Waals surface area contributed by atoms with Crippen molar-refractivity contribution in [3.05, 3.63) is 0 Å². The van der Waals surface area contributed by atoms with Gasteiger partial charge in [0.1, 0.15) is 18.3 Å². The van der Waals surface area contributed by atoms with Gasteiger partial charge in [0.25, 0.3) is 0 Å². The van der Waals surface area contributed by atoms with E-state index in [2.05, 4.69) is 20.8 Å². The lowest BCUT2D eigenvalue weighted by Gasteiger charge is -2.63. The molecule has 6 rings (SSSR count). The van der Waals surface area contributed by atoms with Gasteiger partial charge in [-0.25, -0.2) is 0 Å². The normalized spacial score (nSPS) is 44.9. The predicted molar refractivity (Wildman–Crippen MR) is 173 cm³/mol. The number of hydrogen-bond acceptors (Lipinski definition) is 10. The molecular weight excluding hydrogens is 616 g/mol. The Bertz CT molecular complexity index is 1420. The van der Waals surface area contributed by atoms with Gasteiger partial charge in [0.05, 0.1) is 12.2 Å². The summed E-state index contributed by atoms with van der Waals surface area (Å²) in [5.41, 5.74) is -3.13. The summed E-state index contributed by atoms with van der Waals surface area (Å²) in [7, 11) is 0. The van der Waals surface area contributed by atoms with Crippen LogP contribution in [0.25, 0.3) is 0 Å². The maximum Gasteiger partial charge on any atom is 0.303 e. The minimum absolute atomic E-state index is 0.0471. The molecule has 0 aromatic carbocycles. The van der Waals surface area contributed by atoms with Crippen LogP contribution < -0.4 is 0 Å². The lowest BCUT2D eigenvalue weighted by Crippen LogP contribution is -2.61. The number of rotatable bonds is 8. The average Bonchev–Trinajstić information content (AvgIpc) is 3.46. The van der Waals surface area contributed by atoms with Crippen LogP contribution in [0.3, 0.4) is 0 Å². The van der Waals surface area contributed by atoms with Gasteiger partial charge in [0.15, 0.2) is 11.4 Å². The maximum absolute atomic E-state index is 13.4. The van der Waals surface area contributed by atoms with E-state index >= 15 is 0 Å². The van der Waals surface area contributed by atoms with Crippen molar-refractivity contribution in [2.24, 2.45) is 44.8 Å². The molecule has 0 radical (unpaired) electrons. The number of carbonyl (C=O) groups excluding carboxylic acids is 5. The zero-order valence-corrected chi connectivity index (χ0v) is 30.6. The van der Waals surface area contributed by atoms with E-state index in [0.29, 0.717) is 18.9 Å². The molecular formula is C38H56O10. The van der Waals surface area contributed by atoms with Crippen LogP contribution in [0.4, 0.5) is 0 Å². The van der Waals surface area contributed by atoms with Crippen LogP contribution in [0.15, 0.2) is 0 Å². The van der Waals surface area contributed by atoms with Crippen molar-refractivity contribution in [2.75, 3.05) is 6.61 Å². The molecule has 0 aromatic rings. The molecule has 5 saturated carbocycles. The summed E-state index contributed by atoms with van der Waals surface area (Å²) in [6.07, 6.45) is 5.65. The lowest BCUT2D eigenvalue weighted by atomic mass is 9.41. The molecule has 3 unspecified atom stereocenters. The van der Waals surface area contributed by atoms with Gasteiger partial charge in [0, 0.05) is 56.3 Å². The second-order valence-corrected chi connectivity index (χ2v) is 17.8. The Kier molecular flexibility index (Phi) is 8.10. The van der Waals surface area contributed by atoms with Crippen molar-refractivity contribution in [1.82, 2.24) is 0 Å². The third kappa shape index (κ3) is 4.69. The van der Waals surface area contributed by atoms with Crippen molar-refractivity contribution in [1.29, 1.82) is 0 Å². The molecule has 48 heavy (non-hydrogen) atoms. The van der Waals surface area contributed by atoms with Crippen LogP contribution in [-0.2, 0) is 47.7 Å². The first kappa shape index (κ1) is 35.3. The second-order valence-electron chi connectivity index (χ2n) is 17.8. The molecule has 268 valence electrons. The highest BCUT2D eigenvalue weighted by Crippen LogP contribution is 2.90. The first-order chi connectivity index (χ1) is 22.1. The molecule has 0 aromatic heterocycles. The number of esters is 4. The number of fused-ring (bicyclic) bond motifs is 1. The van der Waals surface area contributed by atoms with E-state index < -0.39 is 52.1 Å². The molecule has 6 fully saturated rings. The Labute approximate surface area is 285 Å². The molecule has 1 aliphatic heterocycles. The topological polar surface area (TPSA) is 132 Å². The number of hydrogen-bond donors (Lipinski definition) is 0. The Morgan fingerprint density at radius 2 is 1.31 bits per heavy atom. The molecule has 11 atom stereocenters. The van der Waals surface area contributed by atoms with Gasteiger partial charge >= 0.3 is 23.9 Å². The molecule has 0 amide bonds. The number of Topliss-reactive ketones (excluding diaryl/α,β-unsaturated/α-hetero) is 1. The van der Waals surface area contributed by atoms with E-state index in [1.54, 1.807) is 13.8 Å². The first-order valence-electron chi connectivity index (χ1n) is 18.0. The summed E-state index contributed by atoms with van der Waals surface area (Å²) >= 11 is 0. The van der Waals surface area contributed by atoms with Crippen LogP contribution in [0, 0.1) is 44.8 Å². The van der Waals surface area contributed by atoms with E-state index in [4.69, 9.17) is 23.7 Å². The summed E-state index contributed by atoms with van der Waals surface area (Å²) in [6, 6.07) is 0. The number of carbonyl (C=O) groups is 5. The van der Waals surface area contributed by atoms with Gasteiger partial charge in [-0.1, -0.05) is 20.8 Å². The van der Waals surface area contributed by atoms with Crippen LogP contribution in [-0.4, -0.2) is 65.8 Å². The minimum atomic E-state index is -1.28. The monoisotopic (exact) mass is 672 g/mol. The van der Waals surface area contributed by atoms with Gasteiger partial charge in [-0.15, -0.1) is 0 Å². The Hall–Kier alpha value is -2.49. The number of ether oxygens (including phenoxy) is 5. The van der Waals surface area contributed by atoms with E-state index in [1.165, 1.54) is 27.7 Å². The first-order valence-corrected chi connectivity index (χ1v) is 18.0. The molecule has 6 aliphatic rings. The Morgan fingerprint density at radius 3 is 1.92 bits per heavy atom. The van der Waals surface area contributed by atoms with Crippen LogP contribution in [0.1, 0.15) is 127 Å². The SMILES string of the molecule is CC(=O)O[C@@H]1[C@@H]2C(C)(CCC(=O)C(C)(C)OC(C)=O)OC[C@@]23CC[C@@]24C[C@@]25CC[C@H](OC(C)=O)C(C)(C)C5CCC4[C@]3(C)[C@@H]1OC(C)=O. The fourth-order valence-electron chi connectivity index (χ4n) is 13.2. The fraction of sp³-hybridized carbons (Fsp3) is 0.868. The molecule has 1 heterocycles. The maximum atomic E-state index is 13.4. The second kappa shape index (κ2) is 11.0. The fourth-order valence-corrected chi connectivity index (χ4v) is 13.2. The van der Waals surface area contributed by atoms with Crippen LogP contribution >= 0.6 is 0 Å². The number of ketones is 1. The highest BCUT2D eigenvalue weighted by molar-refractivity contribution is 5.88. The van der Waals surface area contributed by atoms with E-state index in [0.717, 1.165) is 44.9 Å². The van der Waals surface area contributed by atoms with E-state index in [9.17, 15) is 24.0 Å². The van der Waals surface area contributed by atoms with Crippen molar-refractivity contribution in [2.45, 2.75) is 157 Å². The van der Waals surface area contributed by atoms with Crippen molar-refractivity contribution >= 4 is 29.7 Å². The Balaban J connectivity index is 1.39. The third-order valence-electron chi connectivity index (χ3n) is 14.9. The van der Waals surface area contributed by atoms with Crippen molar-refractivity contribution in [3.8, 4) is 0 Å². The van der Waals surface area contributed by atoms with Crippen LogP contribution in [0.2, 0.25) is 0 Å². The Morgan fingerprint density at radius 1 is 0.729 bits per heavy atom. The standard InChI is InChI=1S/C38H56O10/c1-21(39)45-28-14-16-36-19-37(36)17-18-38-20-44-34(9,15-13-27(43)33(7,8)48-24(4)42)30(38)29(46-22(2)40)31(47-23(3)41)35(38,10)26(37)12-11-25(36)32(28,5)6/h25-26,28-31H,11-20H2,1-10H3/t25?,26?,28-,29+,30+,31+,34?,35+,36+,37-,38-/m0/s1. The van der Waals surface area contributed by atoms with Crippen LogP contribution in [0.5, 0.6) is 0 Å². The van der Waals surface area contributed by atoms with Gasteiger partial charge < -0.3 is 23.7 Å². The third-order valence-corrected chi connectivity index (χ3v) is 14.9. The summed E-state index contributed by atoms with van der Waals surface area (Å²) in [5, 5.41) is 0. The van der Waals surface area contributed by atoms with E-state index in [-0.39, 0.29) is 52.4 Å². The van der Waals surface area contributed by atoms with E-state index in [1.807, 2.05) is 6.92 Å². The van der Waals surface area contributed by atoms with Gasteiger partial charge in [-0.3, -0.25) is 24.0 Å². The van der Waals surface area contributed by atoms with Crippen molar-refractivity contribution < 1.29 is 47.7 Å². The summed E-state index contributed by atoms with van der Waals surface area (Å²) in [6.45, 7) is 18.1. The predicted octanol–water partition coefficient (Wildman–Crippen LogP) is 5.90. The molecule has 5 aliphatic carbocycles. The zero-order valence-electron chi connectivity index (χ0n) is 30.6. The molecule has 1 saturated heterocycles. The van der Waals surface area contributed by atoms with Gasteiger partial charge in [-0.2, -0.15) is 0 Å². The average molecular weight is 673 g/mol.